The third-order valence-corrected chi connectivity index (χ3v) is 7.23. The lowest BCUT2D eigenvalue weighted by atomic mass is 9.87. The van der Waals surface area contributed by atoms with Crippen LogP contribution in [-0.2, 0) is 19.6 Å². The fourth-order valence-corrected chi connectivity index (χ4v) is 5.20. The number of rotatable bonds is 7. The molecule has 37 heavy (non-hydrogen) atoms. The standard InChI is InChI=1S/C26H40N6O4S/c1-20(21-9-7-6-8-10-21)32-12-11-26(18-27,19-32)29-23(33)22(17-25(2,3)4)28-24(30-37(5,34)35)31-13-15-36-16-14-31/h6-10,20,22H,11-17,19H2,1-5H3,(H,28,30)(H,29,33). The summed E-state index contributed by atoms with van der Waals surface area (Å²) < 4.78 is 32.1. The Labute approximate surface area is 221 Å². The zero-order valence-corrected chi connectivity index (χ0v) is 23.3. The molecule has 3 rings (SSSR count). The van der Waals surface area contributed by atoms with Gasteiger partial charge in [-0.1, -0.05) is 51.1 Å². The number of hydrogen-bond donors (Lipinski definition) is 2. The average Bonchev–Trinajstić information content (AvgIpc) is 3.26. The van der Waals surface area contributed by atoms with Crippen molar-refractivity contribution in [3.63, 3.8) is 0 Å². The number of hydrogen-bond acceptors (Lipinski definition) is 7. The van der Waals surface area contributed by atoms with E-state index >= 15 is 0 Å². The van der Waals surface area contributed by atoms with Crippen LogP contribution in [0, 0.1) is 16.7 Å². The summed E-state index contributed by atoms with van der Waals surface area (Å²) in [6, 6.07) is 11.7. The number of amides is 1. The number of carbonyl (C=O) groups is 1. The van der Waals surface area contributed by atoms with Gasteiger partial charge in [-0.2, -0.15) is 5.26 Å². The van der Waals surface area contributed by atoms with E-state index in [0.717, 1.165) is 11.8 Å². The molecule has 3 atom stereocenters. The summed E-state index contributed by atoms with van der Waals surface area (Å²) in [6.07, 6.45) is 1.94. The number of nitrogens with zero attached hydrogens (tertiary/aromatic N) is 4. The summed E-state index contributed by atoms with van der Waals surface area (Å²) in [7, 11) is -3.62. The van der Waals surface area contributed by atoms with Crippen LogP contribution in [0.4, 0.5) is 0 Å². The molecule has 0 bridgehead atoms. The van der Waals surface area contributed by atoms with Crippen LogP contribution in [0.3, 0.4) is 0 Å². The van der Waals surface area contributed by atoms with Gasteiger partial charge in [0.15, 0.2) is 0 Å². The van der Waals surface area contributed by atoms with Crippen LogP contribution < -0.4 is 10.0 Å². The van der Waals surface area contributed by atoms with E-state index < -0.39 is 21.6 Å². The number of carbonyl (C=O) groups excluding carboxylic acids is 1. The number of nitrogens with one attached hydrogen (secondary N) is 2. The molecule has 0 spiro atoms. The van der Waals surface area contributed by atoms with Crippen molar-refractivity contribution in [3.8, 4) is 6.07 Å². The summed E-state index contributed by atoms with van der Waals surface area (Å²) in [4.78, 5) is 22.3. The Morgan fingerprint density at radius 2 is 1.86 bits per heavy atom. The Balaban J connectivity index is 1.84. The van der Waals surface area contributed by atoms with Crippen molar-refractivity contribution in [1.82, 2.24) is 19.8 Å². The largest absolute Gasteiger partial charge is 0.378 e. The molecule has 0 aromatic heterocycles. The van der Waals surface area contributed by atoms with E-state index in [1.165, 1.54) is 0 Å². The highest BCUT2D eigenvalue weighted by atomic mass is 32.2. The Kier molecular flexibility index (Phi) is 9.21. The van der Waals surface area contributed by atoms with Crippen molar-refractivity contribution in [1.29, 1.82) is 5.26 Å². The number of sulfonamides is 1. The normalized spacial score (nSPS) is 23.2. The molecule has 0 saturated carbocycles. The molecule has 11 heteroatoms. The minimum atomic E-state index is -3.62. The summed E-state index contributed by atoms with van der Waals surface area (Å²) in [5, 5.41) is 13.2. The molecule has 2 fully saturated rings. The first kappa shape index (κ1) is 28.9. The lowest BCUT2D eigenvalue weighted by Gasteiger charge is -2.32. The van der Waals surface area contributed by atoms with Crippen LogP contribution in [0.15, 0.2) is 35.3 Å². The van der Waals surface area contributed by atoms with Gasteiger partial charge in [0.05, 0.1) is 25.5 Å². The number of benzene rings is 1. The molecule has 2 N–H and O–H groups in total. The Morgan fingerprint density at radius 1 is 1.22 bits per heavy atom. The fraction of sp³-hybridized carbons (Fsp3) is 0.654. The second-order valence-electron chi connectivity index (χ2n) is 11.2. The maximum absolute atomic E-state index is 13.7. The van der Waals surface area contributed by atoms with Crippen molar-refractivity contribution < 1.29 is 17.9 Å². The van der Waals surface area contributed by atoms with Gasteiger partial charge in [-0.15, -0.1) is 0 Å². The molecule has 1 amide bonds. The SMILES string of the molecule is CC(c1ccccc1)N1CCC(C#N)(NC(=O)C(CC(C)(C)C)N=C(NS(C)(=O)=O)N2CCOCC2)C1. The third-order valence-electron chi connectivity index (χ3n) is 6.68. The lowest BCUT2D eigenvalue weighted by molar-refractivity contribution is -0.124. The highest BCUT2D eigenvalue weighted by Gasteiger charge is 2.43. The maximum atomic E-state index is 13.7. The van der Waals surface area contributed by atoms with Crippen molar-refractivity contribution in [2.45, 2.75) is 58.2 Å². The minimum Gasteiger partial charge on any atom is -0.378 e. The predicted molar refractivity (Wildman–Crippen MR) is 143 cm³/mol. The monoisotopic (exact) mass is 532 g/mol. The minimum absolute atomic E-state index is 0.101. The number of guanidine groups is 1. The average molecular weight is 533 g/mol. The van der Waals surface area contributed by atoms with E-state index in [-0.39, 0.29) is 23.3 Å². The maximum Gasteiger partial charge on any atom is 0.246 e. The van der Waals surface area contributed by atoms with Gasteiger partial charge in [-0.25, -0.2) is 13.4 Å². The summed E-state index contributed by atoms with van der Waals surface area (Å²) in [5.41, 5.74) is -0.162. The second kappa shape index (κ2) is 11.8. The zero-order chi connectivity index (χ0) is 27.3. The van der Waals surface area contributed by atoms with Gasteiger partial charge < -0.3 is 15.0 Å². The molecule has 0 radical (unpaired) electrons. The molecule has 1 aromatic rings. The highest BCUT2D eigenvalue weighted by Crippen LogP contribution is 2.30. The van der Waals surface area contributed by atoms with Gasteiger partial charge >= 0.3 is 0 Å². The second-order valence-corrected chi connectivity index (χ2v) is 12.9. The molecule has 204 valence electrons. The molecule has 3 unspecified atom stereocenters. The Morgan fingerprint density at radius 3 is 2.43 bits per heavy atom. The number of aliphatic imine (C=N–C) groups is 1. The molecular weight excluding hydrogens is 492 g/mol. The highest BCUT2D eigenvalue weighted by molar-refractivity contribution is 7.89. The Hall–Kier alpha value is -2.68. The molecule has 2 heterocycles. The van der Waals surface area contributed by atoms with Crippen LogP contribution in [-0.4, -0.2) is 87.3 Å². The van der Waals surface area contributed by atoms with Crippen molar-refractivity contribution in [2.75, 3.05) is 45.6 Å². The Bertz CT molecular complexity index is 1110. The summed E-state index contributed by atoms with van der Waals surface area (Å²) in [6.45, 7) is 11.0. The molecule has 2 aliphatic rings. The molecule has 1 aromatic carbocycles. The first-order valence-electron chi connectivity index (χ1n) is 12.7. The van der Waals surface area contributed by atoms with Gasteiger partial charge in [0.2, 0.25) is 21.9 Å². The van der Waals surface area contributed by atoms with Crippen molar-refractivity contribution in [2.24, 2.45) is 10.4 Å². The van der Waals surface area contributed by atoms with E-state index in [9.17, 15) is 18.5 Å². The molecule has 2 aliphatic heterocycles. The number of nitriles is 1. The summed E-state index contributed by atoms with van der Waals surface area (Å²) >= 11 is 0. The van der Waals surface area contributed by atoms with Crippen LogP contribution in [0.1, 0.15) is 52.1 Å². The quantitative estimate of drug-likeness (QED) is 0.405. The van der Waals surface area contributed by atoms with Crippen molar-refractivity contribution in [3.05, 3.63) is 35.9 Å². The van der Waals surface area contributed by atoms with Crippen LogP contribution in [0.5, 0.6) is 0 Å². The molecule has 2 saturated heterocycles. The lowest BCUT2D eigenvalue weighted by Crippen LogP contribution is -2.54. The molecule has 0 aliphatic carbocycles. The van der Waals surface area contributed by atoms with E-state index in [4.69, 9.17) is 4.74 Å². The summed E-state index contributed by atoms with van der Waals surface area (Å²) in [5.74, 6) is -0.251. The van der Waals surface area contributed by atoms with E-state index in [1.54, 1.807) is 4.90 Å². The smallest absolute Gasteiger partial charge is 0.246 e. The number of likely N-dealkylation sites (tertiary alicyclic amines) is 1. The van der Waals surface area contributed by atoms with Gasteiger partial charge in [0, 0.05) is 32.2 Å². The first-order valence-corrected chi connectivity index (χ1v) is 14.6. The predicted octanol–water partition coefficient (Wildman–Crippen LogP) is 1.87. The number of morpholine rings is 1. The number of ether oxygens (including phenoxy) is 1. The fourth-order valence-electron chi connectivity index (χ4n) is 4.69. The zero-order valence-electron chi connectivity index (χ0n) is 22.5. The van der Waals surface area contributed by atoms with Gasteiger partial charge in [0.25, 0.3) is 0 Å². The van der Waals surface area contributed by atoms with Crippen LogP contribution in [0.25, 0.3) is 0 Å². The topological polar surface area (TPSA) is 127 Å². The van der Waals surface area contributed by atoms with E-state index in [1.807, 2.05) is 39.0 Å². The molecule has 10 nitrogen and oxygen atoms in total. The van der Waals surface area contributed by atoms with Gasteiger partial charge in [-0.05, 0) is 30.7 Å². The van der Waals surface area contributed by atoms with E-state index in [0.29, 0.717) is 52.2 Å². The van der Waals surface area contributed by atoms with E-state index in [2.05, 4.69) is 45.1 Å². The van der Waals surface area contributed by atoms with Crippen LogP contribution >= 0.6 is 0 Å². The van der Waals surface area contributed by atoms with Gasteiger partial charge in [0.1, 0.15) is 11.6 Å². The van der Waals surface area contributed by atoms with Gasteiger partial charge in [-0.3, -0.25) is 14.4 Å². The van der Waals surface area contributed by atoms with Crippen LogP contribution in [0.2, 0.25) is 0 Å². The third kappa shape index (κ3) is 8.42. The molecular formula is C26H40N6O4S. The first-order chi connectivity index (χ1) is 17.3. The van der Waals surface area contributed by atoms with Crippen molar-refractivity contribution >= 4 is 21.9 Å².